The van der Waals surface area contributed by atoms with Crippen LogP contribution in [-0.4, -0.2) is 19.5 Å². The molecule has 56 heavy (non-hydrogen) atoms. The third-order valence-corrected chi connectivity index (χ3v) is 13.8. The average molecular weight is 737 g/mol. The summed E-state index contributed by atoms with van der Waals surface area (Å²) in [7, 11) is 0. The minimum atomic E-state index is -0.150. The Hall–Kier alpha value is -6.43. The van der Waals surface area contributed by atoms with Crippen LogP contribution < -0.4 is 0 Å². The molecule has 0 atom stereocenters. The van der Waals surface area contributed by atoms with Gasteiger partial charge < -0.3 is 0 Å². The van der Waals surface area contributed by atoms with E-state index in [-0.39, 0.29) is 10.8 Å². The number of nitrogens with zero attached hydrogens (tertiary/aromatic N) is 4. The molecule has 4 nitrogen and oxygen atoms in total. The second-order valence-electron chi connectivity index (χ2n) is 16.5. The van der Waals surface area contributed by atoms with Gasteiger partial charge in [-0.25, -0.2) is 4.98 Å². The Morgan fingerprint density at radius 3 is 1.59 bits per heavy atom. The quantitative estimate of drug-likeness (QED) is 0.181. The Balaban J connectivity index is 1.13. The predicted molar refractivity (Wildman–Crippen MR) is 233 cm³/mol. The van der Waals surface area contributed by atoms with Crippen LogP contribution in [0.15, 0.2) is 146 Å². The van der Waals surface area contributed by atoms with Gasteiger partial charge in [-0.3, -0.25) is 4.57 Å². The molecule has 3 heterocycles. The minimum Gasteiger partial charge on any atom is -0.278 e. The maximum absolute atomic E-state index is 5.40. The molecule has 12 rings (SSSR count). The summed E-state index contributed by atoms with van der Waals surface area (Å²) in [6, 6.07) is 53.1. The highest BCUT2D eigenvalue weighted by atomic mass is 32.1. The molecule has 2 aliphatic rings. The number of fused-ring (bicyclic) bond motifs is 12. The molecule has 0 saturated carbocycles. The van der Waals surface area contributed by atoms with E-state index in [2.05, 4.69) is 178 Å². The first-order chi connectivity index (χ1) is 27.3. The van der Waals surface area contributed by atoms with E-state index in [1.54, 1.807) is 0 Å². The van der Waals surface area contributed by atoms with E-state index in [1.165, 1.54) is 75.5 Å². The van der Waals surface area contributed by atoms with Crippen molar-refractivity contribution in [2.24, 2.45) is 0 Å². The zero-order chi connectivity index (χ0) is 37.5. The van der Waals surface area contributed by atoms with Crippen molar-refractivity contribution >= 4 is 53.3 Å². The summed E-state index contributed by atoms with van der Waals surface area (Å²) in [5.41, 5.74) is 14.3. The van der Waals surface area contributed by atoms with E-state index in [0.717, 1.165) is 22.2 Å². The highest BCUT2D eigenvalue weighted by Gasteiger charge is 2.37. The molecule has 0 N–H and O–H groups in total. The zero-order valence-corrected chi connectivity index (χ0v) is 32.4. The van der Waals surface area contributed by atoms with Gasteiger partial charge in [0.2, 0.25) is 5.95 Å². The minimum absolute atomic E-state index is 0.150. The molecule has 266 valence electrons. The van der Waals surface area contributed by atoms with E-state index >= 15 is 0 Å². The molecule has 0 unspecified atom stereocenters. The lowest BCUT2D eigenvalue weighted by molar-refractivity contribution is 0.660. The highest BCUT2D eigenvalue weighted by molar-refractivity contribution is 7.25. The van der Waals surface area contributed by atoms with Crippen LogP contribution in [0.25, 0.3) is 93.0 Å². The number of hydrogen-bond donors (Lipinski definition) is 0. The van der Waals surface area contributed by atoms with Crippen molar-refractivity contribution in [1.29, 1.82) is 0 Å². The molecule has 0 aliphatic heterocycles. The van der Waals surface area contributed by atoms with Gasteiger partial charge in [-0.05, 0) is 80.9 Å². The molecule has 2 aliphatic carbocycles. The van der Waals surface area contributed by atoms with Gasteiger partial charge in [0, 0.05) is 52.9 Å². The number of hydrogen-bond acceptors (Lipinski definition) is 4. The smallest absolute Gasteiger partial charge is 0.238 e. The highest BCUT2D eigenvalue weighted by Crippen LogP contribution is 2.51. The average Bonchev–Trinajstić information content (AvgIpc) is 3.90. The van der Waals surface area contributed by atoms with Gasteiger partial charge in [-0.2, -0.15) is 9.97 Å². The molecule has 7 aromatic carbocycles. The summed E-state index contributed by atoms with van der Waals surface area (Å²) in [6.45, 7) is 9.29. The van der Waals surface area contributed by atoms with Gasteiger partial charge in [0.25, 0.3) is 0 Å². The molecule has 5 heteroatoms. The molecule has 0 saturated heterocycles. The number of aromatic nitrogens is 4. The van der Waals surface area contributed by atoms with Crippen LogP contribution in [0, 0.1) is 0 Å². The SMILES string of the molecule is CC1(C)c2ccccc2-c2ccc(-c3nc(-c4ccc5c(c4)C(C)(C)c4ccccc4-5)nc(-n4c5ccccc5c5cc6sc7ccccc7c6cc54)n3)cc21. The fourth-order valence-electron chi connectivity index (χ4n) is 9.81. The van der Waals surface area contributed by atoms with Crippen LogP contribution >= 0.6 is 11.3 Å². The number of thiophene rings is 1. The predicted octanol–water partition coefficient (Wildman–Crippen LogP) is 13.3. The maximum atomic E-state index is 5.40. The van der Waals surface area contributed by atoms with E-state index < -0.39 is 0 Å². The van der Waals surface area contributed by atoms with Crippen LogP contribution in [0.5, 0.6) is 0 Å². The third kappa shape index (κ3) is 4.26. The van der Waals surface area contributed by atoms with E-state index in [0.29, 0.717) is 17.6 Å². The summed E-state index contributed by atoms with van der Waals surface area (Å²) in [4.78, 5) is 16.1. The Morgan fingerprint density at radius 1 is 0.411 bits per heavy atom. The summed E-state index contributed by atoms with van der Waals surface area (Å²) in [6.07, 6.45) is 0. The van der Waals surface area contributed by atoms with Crippen molar-refractivity contribution in [3.05, 3.63) is 168 Å². The lowest BCUT2D eigenvalue weighted by Crippen LogP contribution is -2.15. The standard InChI is InChI=1S/C51H36N4S/c1-50(2)39-17-9-5-13-31(39)33-23-21-29(25-41(33)50)47-52-48(30-22-24-34-32-14-6-10-18-40(32)51(3,4)42(34)26-30)54-49(53-47)55-43-19-11-7-15-35(43)37-28-46-38(27-44(37)55)36-16-8-12-20-45(36)56-46/h5-28H,1-4H3. The largest absolute Gasteiger partial charge is 0.278 e. The molecule has 3 aromatic heterocycles. The normalized spacial score (nSPS) is 14.7. The summed E-state index contributed by atoms with van der Waals surface area (Å²) in [5.74, 6) is 1.94. The number of rotatable bonds is 3. The van der Waals surface area contributed by atoms with Crippen molar-refractivity contribution in [1.82, 2.24) is 19.5 Å². The van der Waals surface area contributed by atoms with Gasteiger partial charge in [-0.1, -0.05) is 137 Å². The van der Waals surface area contributed by atoms with Crippen LogP contribution in [0.1, 0.15) is 49.9 Å². The Morgan fingerprint density at radius 2 is 0.946 bits per heavy atom. The lowest BCUT2D eigenvalue weighted by atomic mass is 9.82. The fraction of sp³-hybridized carbons (Fsp3) is 0.118. The molecular weight excluding hydrogens is 701 g/mol. The number of para-hydroxylation sites is 1. The van der Waals surface area contributed by atoms with Gasteiger partial charge >= 0.3 is 0 Å². The van der Waals surface area contributed by atoms with E-state index in [4.69, 9.17) is 15.0 Å². The Labute approximate surface area is 328 Å². The summed E-state index contributed by atoms with van der Waals surface area (Å²) < 4.78 is 4.83. The second-order valence-corrected chi connectivity index (χ2v) is 17.5. The van der Waals surface area contributed by atoms with Crippen molar-refractivity contribution in [3.63, 3.8) is 0 Å². The molecule has 10 aromatic rings. The monoisotopic (exact) mass is 736 g/mol. The van der Waals surface area contributed by atoms with Crippen molar-refractivity contribution in [2.45, 2.75) is 38.5 Å². The first-order valence-electron chi connectivity index (χ1n) is 19.4. The first-order valence-corrected chi connectivity index (χ1v) is 20.2. The molecule has 0 bridgehead atoms. The van der Waals surface area contributed by atoms with Gasteiger partial charge in [0.15, 0.2) is 11.6 Å². The Kier molecular flexibility index (Phi) is 6.31. The van der Waals surface area contributed by atoms with Gasteiger partial charge in [0.1, 0.15) is 0 Å². The van der Waals surface area contributed by atoms with Crippen LogP contribution in [0.2, 0.25) is 0 Å². The molecular formula is C51H36N4S. The van der Waals surface area contributed by atoms with E-state index in [1.807, 2.05) is 11.3 Å². The van der Waals surface area contributed by atoms with Gasteiger partial charge in [0.05, 0.1) is 11.0 Å². The molecule has 0 amide bonds. The van der Waals surface area contributed by atoms with Crippen LogP contribution in [0.4, 0.5) is 0 Å². The van der Waals surface area contributed by atoms with Crippen molar-refractivity contribution in [3.8, 4) is 51.0 Å². The van der Waals surface area contributed by atoms with Gasteiger partial charge in [-0.15, -0.1) is 11.3 Å². The number of benzene rings is 7. The Bertz CT molecular complexity index is 3200. The topological polar surface area (TPSA) is 43.6 Å². The van der Waals surface area contributed by atoms with Crippen LogP contribution in [0.3, 0.4) is 0 Å². The third-order valence-electron chi connectivity index (χ3n) is 12.7. The molecule has 0 radical (unpaired) electrons. The molecule has 0 fully saturated rings. The lowest BCUT2D eigenvalue weighted by Gasteiger charge is -2.22. The van der Waals surface area contributed by atoms with Crippen LogP contribution in [-0.2, 0) is 10.8 Å². The van der Waals surface area contributed by atoms with Crippen molar-refractivity contribution < 1.29 is 0 Å². The molecule has 0 spiro atoms. The summed E-state index contributed by atoms with van der Waals surface area (Å²) in [5, 5.41) is 4.89. The fourth-order valence-corrected chi connectivity index (χ4v) is 10.9. The summed E-state index contributed by atoms with van der Waals surface area (Å²) >= 11 is 1.85. The zero-order valence-electron chi connectivity index (χ0n) is 31.6. The second kappa shape index (κ2) is 11.1. The first kappa shape index (κ1) is 31.9. The maximum Gasteiger partial charge on any atom is 0.238 e. The van der Waals surface area contributed by atoms with E-state index in [9.17, 15) is 0 Å². The van der Waals surface area contributed by atoms with Crippen molar-refractivity contribution in [2.75, 3.05) is 0 Å².